The SMILES string of the molecule is O=C(C1=C(O)C(=O)N(CCC[n+]2cc[nH]c2)C1c1ccc(F)cc1)c1cc2ccccc2o1. The molecule has 7 nitrogen and oxygen atoms in total. The number of hydrogen-bond acceptors (Lipinski definition) is 4. The summed E-state index contributed by atoms with van der Waals surface area (Å²) < 4.78 is 21.2. The van der Waals surface area contributed by atoms with Crippen molar-refractivity contribution in [3.63, 3.8) is 0 Å². The van der Waals surface area contributed by atoms with E-state index in [0.29, 0.717) is 30.7 Å². The normalized spacial score (nSPS) is 16.2. The van der Waals surface area contributed by atoms with Crippen molar-refractivity contribution in [2.75, 3.05) is 6.54 Å². The van der Waals surface area contributed by atoms with Gasteiger partial charge >= 0.3 is 0 Å². The average molecular weight is 446 g/mol. The Kier molecular flexibility index (Phi) is 5.26. The van der Waals surface area contributed by atoms with Gasteiger partial charge in [-0.25, -0.2) is 8.96 Å². The number of hydrogen-bond donors (Lipinski definition) is 2. The number of aliphatic hydroxyl groups excluding tert-OH is 1. The molecule has 5 rings (SSSR count). The first kappa shape index (κ1) is 20.7. The number of aromatic amines is 1. The fraction of sp³-hybridized carbons (Fsp3) is 0.160. The third-order valence-electron chi connectivity index (χ3n) is 5.80. The van der Waals surface area contributed by atoms with Crippen LogP contribution in [-0.4, -0.2) is 33.2 Å². The summed E-state index contributed by atoms with van der Waals surface area (Å²) in [4.78, 5) is 30.9. The summed E-state index contributed by atoms with van der Waals surface area (Å²) in [5, 5.41) is 11.5. The zero-order valence-electron chi connectivity index (χ0n) is 17.6. The van der Waals surface area contributed by atoms with E-state index in [4.69, 9.17) is 4.42 Å². The lowest BCUT2D eigenvalue weighted by atomic mass is 9.95. The van der Waals surface area contributed by atoms with Gasteiger partial charge in [0.2, 0.25) is 12.1 Å². The quantitative estimate of drug-likeness (QED) is 0.333. The van der Waals surface area contributed by atoms with Crippen molar-refractivity contribution in [3.05, 3.63) is 102 Å². The van der Waals surface area contributed by atoms with Crippen LogP contribution in [0.4, 0.5) is 4.39 Å². The molecule has 0 radical (unpaired) electrons. The molecule has 0 fully saturated rings. The Morgan fingerprint density at radius 1 is 1.18 bits per heavy atom. The third-order valence-corrected chi connectivity index (χ3v) is 5.80. The lowest BCUT2D eigenvalue weighted by Gasteiger charge is -2.26. The molecular formula is C25H21FN3O4+. The number of nitrogens with one attached hydrogen (secondary N) is 1. The standard InChI is InChI=1S/C25H20FN3O4/c26-18-8-6-16(7-9-18)22-21(23(30)20-14-17-4-1-2-5-19(17)33-20)24(31)25(32)29(22)12-3-11-28-13-10-27-15-28/h1-2,4-10,13-15,22H,3,11-12H2,(H,30,31)/p+1. The molecule has 2 N–H and O–H groups in total. The van der Waals surface area contributed by atoms with Crippen molar-refractivity contribution < 1.29 is 28.1 Å². The molecule has 1 amide bonds. The Hall–Kier alpha value is -4.20. The third kappa shape index (κ3) is 3.80. The van der Waals surface area contributed by atoms with E-state index in [2.05, 4.69) is 4.98 Å². The van der Waals surface area contributed by atoms with Gasteiger partial charge in [0.15, 0.2) is 11.5 Å². The highest BCUT2D eigenvalue weighted by atomic mass is 19.1. The number of nitrogens with zero attached hydrogens (tertiary/aromatic N) is 2. The highest BCUT2D eigenvalue weighted by Crippen LogP contribution is 2.39. The number of Topliss-reactive ketones (excluding diaryl/α,β-unsaturated/α-hetero) is 1. The molecule has 3 heterocycles. The predicted octanol–water partition coefficient (Wildman–Crippen LogP) is 3.86. The van der Waals surface area contributed by atoms with E-state index in [0.717, 1.165) is 5.39 Å². The molecule has 0 aliphatic carbocycles. The zero-order valence-corrected chi connectivity index (χ0v) is 17.6. The second-order valence-corrected chi connectivity index (χ2v) is 7.90. The molecule has 0 spiro atoms. The highest BCUT2D eigenvalue weighted by molar-refractivity contribution is 6.16. The van der Waals surface area contributed by atoms with Gasteiger partial charge in [-0.2, -0.15) is 0 Å². The number of aliphatic hydroxyl groups is 1. The van der Waals surface area contributed by atoms with Gasteiger partial charge in [0, 0.05) is 18.4 Å². The maximum atomic E-state index is 13.6. The predicted molar refractivity (Wildman–Crippen MR) is 117 cm³/mol. The zero-order chi connectivity index (χ0) is 22.9. The van der Waals surface area contributed by atoms with E-state index in [9.17, 15) is 19.1 Å². The van der Waals surface area contributed by atoms with Gasteiger partial charge in [0.25, 0.3) is 5.91 Å². The number of carbonyl (C=O) groups is 2. The molecule has 1 unspecified atom stereocenters. The number of halogens is 1. The van der Waals surface area contributed by atoms with Gasteiger partial charge in [-0.1, -0.05) is 30.3 Å². The number of ketones is 1. The molecule has 1 aliphatic rings. The van der Waals surface area contributed by atoms with Gasteiger partial charge in [0.05, 0.1) is 18.2 Å². The van der Waals surface area contributed by atoms with Crippen molar-refractivity contribution in [2.24, 2.45) is 0 Å². The lowest BCUT2D eigenvalue weighted by molar-refractivity contribution is -0.695. The molecule has 1 aliphatic heterocycles. The fourth-order valence-corrected chi connectivity index (χ4v) is 4.22. The van der Waals surface area contributed by atoms with E-state index in [1.54, 1.807) is 30.7 Å². The first-order valence-electron chi connectivity index (χ1n) is 10.6. The summed E-state index contributed by atoms with van der Waals surface area (Å²) in [5.41, 5.74) is 0.992. The number of rotatable bonds is 7. The summed E-state index contributed by atoms with van der Waals surface area (Å²) in [7, 11) is 0. The summed E-state index contributed by atoms with van der Waals surface area (Å²) >= 11 is 0. The monoisotopic (exact) mass is 446 g/mol. The van der Waals surface area contributed by atoms with Gasteiger partial charge in [-0.05, 0) is 29.8 Å². The molecule has 0 bridgehead atoms. The molecule has 8 heteroatoms. The fourth-order valence-electron chi connectivity index (χ4n) is 4.22. The number of H-pyrrole nitrogens is 1. The van der Waals surface area contributed by atoms with Crippen molar-refractivity contribution in [2.45, 2.75) is 19.0 Å². The lowest BCUT2D eigenvalue weighted by Crippen LogP contribution is -2.36. The summed E-state index contributed by atoms with van der Waals surface area (Å²) in [5.74, 6) is -2.22. The van der Waals surface area contributed by atoms with Crippen LogP contribution in [0.1, 0.15) is 28.6 Å². The van der Waals surface area contributed by atoms with Gasteiger partial charge in [0.1, 0.15) is 23.8 Å². The van der Waals surface area contributed by atoms with Crippen LogP contribution in [0.25, 0.3) is 11.0 Å². The second kappa shape index (κ2) is 8.38. The van der Waals surface area contributed by atoms with Crippen LogP contribution in [0.3, 0.4) is 0 Å². The molecule has 166 valence electrons. The maximum absolute atomic E-state index is 13.6. The molecular weight excluding hydrogens is 425 g/mol. The van der Waals surface area contributed by atoms with Crippen LogP contribution in [0.2, 0.25) is 0 Å². The summed E-state index contributed by atoms with van der Waals surface area (Å²) in [6.07, 6.45) is 6.05. The average Bonchev–Trinajstić information content (AvgIpc) is 3.54. The minimum Gasteiger partial charge on any atom is -0.503 e. The number of benzene rings is 2. The number of aromatic nitrogens is 2. The topological polar surface area (TPSA) is 90.4 Å². The highest BCUT2D eigenvalue weighted by Gasteiger charge is 2.44. The van der Waals surface area contributed by atoms with Crippen LogP contribution >= 0.6 is 0 Å². The Morgan fingerprint density at radius 2 is 1.97 bits per heavy atom. The van der Waals surface area contributed by atoms with Crippen molar-refractivity contribution in [3.8, 4) is 0 Å². The number of aryl methyl sites for hydroxylation is 1. The molecule has 1 atom stereocenters. The number of imidazole rings is 1. The first-order chi connectivity index (χ1) is 16.0. The molecule has 33 heavy (non-hydrogen) atoms. The summed E-state index contributed by atoms with van der Waals surface area (Å²) in [6, 6.07) is 13.5. The Morgan fingerprint density at radius 3 is 2.70 bits per heavy atom. The minimum atomic E-state index is -0.852. The van der Waals surface area contributed by atoms with E-state index in [1.807, 2.05) is 22.9 Å². The van der Waals surface area contributed by atoms with Crippen LogP contribution in [-0.2, 0) is 11.3 Å². The molecule has 2 aromatic carbocycles. The number of carbonyl (C=O) groups excluding carboxylic acids is 2. The van der Waals surface area contributed by atoms with Gasteiger partial charge in [-0.15, -0.1) is 0 Å². The van der Waals surface area contributed by atoms with E-state index in [1.165, 1.54) is 29.2 Å². The number of amides is 1. The Labute approximate surface area is 188 Å². The smallest absolute Gasteiger partial charge is 0.290 e. The van der Waals surface area contributed by atoms with Crippen LogP contribution in [0.15, 0.2) is 89.1 Å². The number of para-hydroxylation sites is 1. The van der Waals surface area contributed by atoms with Crippen LogP contribution < -0.4 is 4.57 Å². The van der Waals surface area contributed by atoms with Gasteiger partial charge in [-0.3, -0.25) is 14.6 Å². The second-order valence-electron chi connectivity index (χ2n) is 7.90. The largest absolute Gasteiger partial charge is 0.503 e. The molecule has 0 saturated heterocycles. The van der Waals surface area contributed by atoms with E-state index in [-0.39, 0.29) is 11.3 Å². The Balaban J connectivity index is 1.50. The first-order valence-corrected chi connectivity index (χ1v) is 10.6. The van der Waals surface area contributed by atoms with Crippen molar-refractivity contribution in [1.82, 2.24) is 9.88 Å². The van der Waals surface area contributed by atoms with Crippen LogP contribution in [0, 0.1) is 5.82 Å². The minimum absolute atomic E-state index is 0.0300. The number of fused-ring (bicyclic) bond motifs is 1. The van der Waals surface area contributed by atoms with Crippen molar-refractivity contribution in [1.29, 1.82) is 0 Å². The maximum Gasteiger partial charge on any atom is 0.290 e. The van der Waals surface area contributed by atoms with Crippen molar-refractivity contribution >= 4 is 22.7 Å². The van der Waals surface area contributed by atoms with Crippen LogP contribution in [0.5, 0.6) is 0 Å². The summed E-state index contributed by atoms with van der Waals surface area (Å²) in [6.45, 7) is 0.928. The van der Waals surface area contributed by atoms with Gasteiger partial charge < -0.3 is 14.4 Å². The molecule has 2 aromatic heterocycles. The van der Waals surface area contributed by atoms with E-state index >= 15 is 0 Å². The Bertz CT molecular complexity index is 1320. The number of furan rings is 1. The molecule has 4 aromatic rings. The molecule has 0 saturated carbocycles. The van der Waals surface area contributed by atoms with E-state index < -0.39 is 29.3 Å².